The van der Waals surface area contributed by atoms with Gasteiger partial charge in [-0.2, -0.15) is 5.06 Å². The molecule has 2 heterocycles. The fourth-order valence-corrected chi connectivity index (χ4v) is 3.98. The SMILES string of the molecule is CCOC(=O)C1=C(C)N2OCCOC2=C(C(=O)OCC)C1(C)c1ccccc1[N+](=O)[O-]. The van der Waals surface area contributed by atoms with Crippen LogP contribution < -0.4 is 0 Å². The topological polar surface area (TPSA) is 117 Å². The van der Waals surface area contributed by atoms with Gasteiger partial charge in [-0.05, 0) is 27.7 Å². The minimum Gasteiger partial charge on any atom is -0.474 e. The Bertz CT molecular complexity index is 983. The van der Waals surface area contributed by atoms with Crippen LogP contribution >= 0.6 is 0 Å². The van der Waals surface area contributed by atoms with E-state index < -0.39 is 22.3 Å². The fraction of sp³-hybridized carbons (Fsp3) is 0.429. The molecule has 0 spiro atoms. The van der Waals surface area contributed by atoms with Crippen molar-refractivity contribution in [1.29, 1.82) is 0 Å². The van der Waals surface area contributed by atoms with E-state index in [2.05, 4.69) is 0 Å². The first kappa shape index (κ1) is 22.3. The van der Waals surface area contributed by atoms with Crippen LogP contribution in [0.15, 0.2) is 47.0 Å². The minimum absolute atomic E-state index is 0.0287. The van der Waals surface area contributed by atoms with Gasteiger partial charge < -0.3 is 14.2 Å². The second kappa shape index (κ2) is 8.76. The van der Waals surface area contributed by atoms with Gasteiger partial charge in [-0.1, -0.05) is 18.2 Å². The van der Waals surface area contributed by atoms with Crippen molar-refractivity contribution in [1.82, 2.24) is 5.06 Å². The van der Waals surface area contributed by atoms with Gasteiger partial charge in [0.1, 0.15) is 18.8 Å². The van der Waals surface area contributed by atoms with Crippen LogP contribution in [0, 0.1) is 10.1 Å². The van der Waals surface area contributed by atoms with E-state index in [0.29, 0.717) is 5.70 Å². The van der Waals surface area contributed by atoms with Crippen LogP contribution in [0.2, 0.25) is 0 Å². The summed E-state index contributed by atoms with van der Waals surface area (Å²) in [5.41, 5.74) is -1.46. The van der Waals surface area contributed by atoms with Gasteiger partial charge in [0.15, 0.2) is 0 Å². The first-order chi connectivity index (χ1) is 14.8. The highest BCUT2D eigenvalue weighted by molar-refractivity contribution is 6.02. The third kappa shape index (κ3) is 3.63. The van der Waals surface area contributed by atoms with Gasteiger partial charge in [0.25, 0.3) is 5.69 Å². The van der Waals surface area contributed by atoms with Crippen LogP contribution in [0.1, 0.15) is 33.3 Å². The molecule has 2 aliphatic heterocycles. The minimum atomic E-state index is -1.60. The van der Waals surface area contributed by atoms with E-state index >= 15 is 0 Å². The molecule has 166 valence electrons. The average Bonchev–Trinajstić information content (AvgIpc) is 2.74. The van der Waals surface area contributed by atoms with E-state index in [9.17, 15) is 19.7 Å². The molecule has 1 unspecified atom stereocenters. The highest BCUT2D eigenvalue weighted by Crippen LogP contribution is 2.50. The molecule has 31 heavy (non-hydrogen) atoms. The summed E-state index contributed by atoms with van der Waals surface area (Å²) in [4.78, 5) is 43.3. The van der Waals surface area contributed by atoms with E-state index in [1.165, 1.54) is 23.3 Å². The van der Waals surface area contributed by atoms with Crippen molar-refractivity contribution in [3.05, 3.63) is 62.7 Å². The molecule has 1 aromatic carbocycles. The molecule has 0 bridgehead atoms. The Balaban J connectivity index is 2.41. The molecular weight excluding hydrogens is 408 g/mol. The van der Waals surface area contributed by atoms with E-state index in [0.717, 1.165) is 0 Å². The summed E-state index contributed by atoms with van der Waals surface area (Å²) in [6, 6.07) is 5.93. The number of rotatable bonds is 6. The van der Waals surface area contributed by atoms with Crippen molar-refractivity contribution in [2.75, 3.05) is 26.4 Å². The Labute approximate surface area is 179 Å². The molecular formula is C21H24N2O8. The van der Waals surface area contributed by atoms with E-state index in [1.54, 1.807) is 33.8 Å². The van der Waals surface area contributed by atoms with Crippen LogP contribution in [-0.2, 0) is 34.1 Å². The van der Waals surface area contributed by atoms with Gasteiger partial charge >= 0.3 is 11.9 Å². The van der Waals surface area contributed by atoms with Crippen molar-refractivity contribution >= 4 is 17.6 Å². The maximum Gasteiger partial charge on any atom is 0.340 e. The predicted molar refractivity (Wildman–Crippen MR) is 107 cm³/mol. The van der Waals surface area contributed by atoms with Gasteiger partial charge in [-0.15, -0.1) is 0 Å². The number of hydroxylamine groups is 2. The maximum atomic E-state index is 13.2. The molecule has 1 atom stereocenters. The molecule has 0 N–H and O–H groups in total. The van der Waals surface area contributed by atoms with Crippen LogP contribution in [0.25, 0.3) is 0 Å². The number of nitro benzene ring substituents is 1. The average molecular weight is 432 g/mol. The standard InChI is InChI=1S/C21H24N2O8/c1-5-28-19(24)16-13(3)22-18(30-11-12-31-22)17(20(25)29-6-2)21(16,4)14-9-7-8-10-15(14)23(26)27/h7-10H,5-6,11-12H2,1-4H3. The zero-order valence-corrected chi connectivity index (χ0v) is 17.8. The fourth-order valence-electron chi connectivity index (χ4n) is 3.98. The van der Waals surface area contributed by atoms with Crippen LogP contribution in [0.4, 0.5) is 5.69 Å². The van der Waals surface area contributed by atoms with Gasteiger partial charge in [-0.25, -0.2) is 9.59 Å². The molecule has 0 saturated carbocycles. The number of carbonyl (C=O) groups excluding carboxylic acids is 2. The van der Waals surface area contributed by atoms with Gasteiger partial charge in [0.2, 0.25) is 5.88 Å². The monoisotopic (exact) mass is 432 g/mol. The van der Waals surface area contributed by atoms with E-state index in [4.69, 9.17) is 19.0 Å². The van der Waals surface area contributed by atoms with Crippen molar-refractivity contribution in [2.24, 2.45) is 0 Å². The number of ether oxygens (including phenoxy) is 3. The molecule has 0 aliphatic carbocycles. The lowest BCUT2D eigenvalue weighted by atomic mass is 9.67. The van der Waals surface area contributed by atoms with Crippen LogP contribution in [0.5, 0.6) is 0 Å². The highest BCUT2D eigenvalue weighted by Gasteiger charge is 2.54. The van der Waals surface area contributed by atoms with Crippen molar-refractivity contribution < 1.29 is 33.6 Å². The molecule has 0 radical (unpaired) electrons. The van der Waals surface area contributed by atoms with Crippen LogP contribution in [-0.4, -0.2) is 48.4 Å². The molecule has 10 nitrogen and oxygen atoms in total. The number of carbonyl (C=O) groups is 2. The Hall–Kier alpha value is -3.40. The summed E-state index contributed by atoms with van der Waals surface area (Å²) in [5, 5.41) is 13.1. The summed E-state index contributed by atoms with van der Waals surface area (Å²) in [7, 11) is 0. The third-order valence-electron chi connectivity index (χ3n) is 5.21. The number of benzene rings is 1. The molecule has 0 aromatic heterocycles. The Morgan fingerprint density at radius 2 is 1.74 bits per heavy atom. The molecule has 1 saturated heterocycles. The van der Waals surface area contributed by atoms with E-state index in [1.807, 2.05) is 0 Å². The number of hydrogen-bond acceptors (Lipinski definition) is 9. The Morgan fingerprint density at radius 1 is 1.13 bits per heavy atom. The van der Waals surface area contributed by atoms with Crippen molar-refractivity contribution in [2.45, 2.75) is 33.1 Å². The quantitative estimate of drug-likeness (QED) is 0.380. The molecule has 1 aromatic rings. The first-order valence-corrected chi connectivity index (χ1v) is 9.89. The lowest BCUT2D eigenvalue weighted by Crippen LogP contribution is -2.47. The Morgan fingerprint density at radius 3 is 2.35 bits per heavy atom. The predicted octanol–water partition coefficient (Wildman–Crippen LogP) is 2.74. The second-order valence-corrected chi connectivity index (χ2v) is 6.96. The van der Waals surface area contributed by atoms with Gasteiger partial charge in [-0.3, -0.25) is 15.0 Å². The second-order valence-electron chi connectivity index (χ2n) is 6.96. The zero-order chi connectivity index (χ0) is 22.8. The molecule has 1 fully saturated rings. The number of nitro groups is 1. The lowest BCUT2D eigenvalue weighted by molar-refractivity contribution is -0.385. The number of allylic oxidation sites excluding steroid dienone is 1. The number of para-hydroxylation sites is 1. The molecule has 10 heteroatoms. The first-order valence-electron chi connectivity index (χ1n) is 9.89. The van der Waals surface area contributed by atoms with Crippen LogP contribution in [0.3, 0.4) is 0 Å². The molecule has 2 aliphatic rings. The Kier molecular flexibility index (Phi) is 6.30. The summed E-state index contributed by atoms with van der Waals surface area (Å²) < 4.78 is 16.3. The third-order valence-corrected chi connectivity index (χ3v) is 5.21. The molecule has 3 rings (SSSR count). The smallest absolute Gasteiger partial charge is 0.340 e. The molecule has 0 amide bonds. The van der Waals surface area contributed by atoms with Gasteiger partial charge in [0, 0.05) is 11.6 Å². The van der Waals surface area contributed by atoms with Crippen molar-refractivity contribution in [3.8, 4) is 0 Å². The largest absolute Gasteiger partial charge is 0.474 e. The summed E-state index contributed by atoms with van der Waals surface area (Å²) in [6.45, 7) is 6.92. The summed E-state index contributed by atoms with van der Waals surface area (Å²) >= 11 is 0. The van der Waals surface area contributed by atoms with Gasteiger partial charge in [0.05, 0.1) is 34.8 Å². The number of fused-ring (bicyclic) bond motifs is 1. The number of hydrogen-bond donors (Lipinski definition) is 0. The van der Waals surface area contributed by atoms with E-state index in [-0.39, 0.29) is 54.7 Å². The number of nitrogens with zero attached hydrogens (tertiary/aromatic N) is 2. The van der Waals surface area contributed by atoms with Crippen molar-refractivity contribution in [3.63, 3.8) is 0 Å². The maximum absolute atomic E-state index is 13.2. The lowest BCUT2D eigenvalue weighted by Gasteiger charge is -2.43. The summed E-state index contributed by atoms with van der Waals surface area (Å²) in [5.74, 6) is -1.46. The normalized spacial score (nSPS) is 20.7. The highest BCUT2D eigenvalue weighted by atomic mass is 16.7. The summed E-state index contributed by atoms with van der Waals surface area (Å²) in [6.07, 6.45) is 0. The number of esters is 2. The zero-order valence-electron chi connectivity index (χ0n) is 17.8.